The Labute approximate surface area is 148 Å². The second-order valence-electron chi connectivity index (χ2n) is 6.12. The highest BCUT2D eigenvalue weighted by Crippen LogP contribution is 2.30. The summed E-state index contributed by atoms with van der Waals surface area (Å²) in [5.74, 6) is 0.0565. The Kier molecular flexibility index (Phi) is 5.13. The minimum absolute atomic E-state index is 0.198. The summed E-state index contributed by atoms with van der Waals surface area (Å²) in [5, 5.41) is 0. The lowest BCUT2D eigenvalue weighted by atomic mass is 10.0. The van der Waals surface area contributed by atoms with E-state index in [2.05, 4.69) is 4.98 Å². The lowest BCUT2D eigenvalue weighted by Crippen LogP contribution is -2.46. The predicted molar refractivity (Wildman–Crippen MR) is 89.4 cm³/mol. The number of nitrogen functional groups attached to an aromatic ring is 1. The van der Waals surface area contributed by atoms with Crippen molar-refractivity contribution >= 4 is 11.7 Å². The first-order valence-electron chi connectivity index (χ1n) is 8.11. The van der Waals surface area contributed by atoms with Crippen LogP contribution in [0.15, 0.2) is 42.6 Å². The highest BCUT2D eigenvalue weighted by molar-refractivity contribution is 5.94. The molecule has 2 N–H and O–H groups in total. The largest absolute Gasteiger partial charge is 0.416 e. The molecule has 1 amide bonds. The summed E-state index contributed by atoms with van der Waals surface area (Å²) in [6, 6.07) is 8.24. The van der Waals surface area contributed by atoms with Crippen molar-refractivity contribution in [3.8, 4) is 0 Å². The lowest BCUT2D eigenvalue weighted by molar-refractivity contribution is -0.137. The van der Waals surface area contributed by atoms with Gasteiger partial charge in [-0.05, 0) is 23.8 Å². The number of benzene rings is 1. The molecule has 0 bridgehead atoms. The van der Waals surface area contributed by atoms with E-state index >= 15 is 0 Å². The average Bonchev–Trinajstić information content (AvgIpc) is 2.61. The number of morpholine rings is 1. The minimum atomic E-state index is -4.38. The molecule has 1 aromatic carbocycles. The fraction of sp³-hybridized carbons (Fsp3) is 0.333. The van der Waals surface area contributed by atoms with Crippen molar-refractivity contribution in [1.82, 2.24) is 9.88 Å². The Balaban J connectivity index is 1.68. The maximum Gasteiger partial charge on any atom is 0.416 e. The van der Waals surface area contributed by atoms with Crippen LogP contribution in [-0.4, -0.2) is 41.6 Å². The summed E-state index contributed by atoms with van der Waals surface area (Å²) in [7, 11) is 0. The number of carbonyl (C=O) groups is 1. The number of pyridine rings is 1. The van der Waals surface area contributed by atoms with Crippen LogP contribution in [0.1, 0.15) is 21.5 Å². The van der Waals surface area contributed by atoms with Gasteiger partial charge in [0.15, 0.2) is 0 Å². The van der Waals surface area contributed by atoms with E-state index in [1.807, 2.05) is 0 Å². The molecule has 0 spiro atoms. The minimum Gasteiger partial charge on any atom is -0.384 e. The lowest BCUT2D eigenvalue weighted by Gasteiger charge is -2.33. The number of rotatable bonds is 3. The smallest absolute Gasteiger partial charge is 0.384 e. The van der Waals surface area contributed by atoms with Gasteiger partial charge in [0.05, 0.1) is 18.3 Å². The van der Waals surface area contributed by atoms with Crippen LogP contribution in [0.3, 0.4) is 0 Å². The van der Waals surface area contributed by atoms with Crippen molar-refractivity contribution in [3.05, 3.63) is 59.3 Å². The summed E-state index contributed by atoms with van der Waals surface area (Å²) in [5.41, 5.74) is 5.87. The van der Waals surface area contributed by atoms with E-state index in [9.17, 15) is 18.0 Å². The molecule has 2 heterocycles. The molecule has 1 fully saturated rings. The van der Waals surface area contributed by atoms with E-state index in [1.54, 1.807) is 17.0 Å². The number of hydrogen-bond donors (Lipinski definition) is 1. The van der Waals surface area contributed by atoms with Crippen LogP contribution in [0.5, 0.6) is 0 Å². The molecule has 0 aliphatic carbocycles. The topological polar surface area (TPSA) is 68.5 Å². The van der Waals surface area contributed by atoms with Gasteiger partial charge >= 0.3 is 6.18 Å². The van der Waals surface area contributed by atoms with Crippen LogP contribution in [0.2, 0.25) is 0 Å². The first-order chi connectivity index (χ1) is 12.3. The van der Waals surface area contributed by atoms with E-state index in [1.165, 1.54) is 18.3 Å². The van der Waals surface area contributed by atoms with Gasteiger partial charge in [0, 0.05) is 31.3 Å². The molecule has 1 aromatic heterocycles. The molecule has 5 nitrogen and oxygen atoms in total. The monoisotopic (exact) mass is 365 g/mol. The van der Waals surface area contributed by atoms with Crippen LogP contribution >= 0.6 is 0 Å². The van der Waals surface area contributed by atoms with Gasteiger partial charge in [0.25, 0.3) is 5.91 Å². The molecule has 1 aliphatic rings. The second kappa shape index (κ2) is 7.33. The first kappa shape index (κ1) is 18.2. The molecule has 0 saturated carbocycles. The number of nitrogens with zero attached hydrogens (tertiary/aromatic N) is 2. The number of aromatic nitrogens is 1. The Hall–Kier alpha value is -2.61. The van der Waals surface area contributed by atoms with E-state index in [0.29, 0.717) is 37.2 Å². The van der Waals surface area contributed by atoms with Crippen molar-refractivity contribution < 1.29 is 22.7 Å². The summed E-state index contributed by atoms with van der Waals surface area (Å²) in [6.45, 7) is 1.05. The van der Waals surface area contributed by atoms with Crippen LogP contribution in [0, 0.1) is 0 Å². The maximum absolute atomic E-state index is 12.8. The standard InChI is InChI=1S/C18H18F3N3O2/c19-18(20,21)14-3-1-2-12(8-14)9-15-11-24(6-7-26-15)17(25)13-4-5-23-16(22)10-13/h1-5,8,10,15H,6-7,9,11H2,(H2,22,23)/t15-/m1/s1. The highest BCUT2D eigenvalue weighted by Gasteiger charge is 2.31. The maximum atomic E-state index is 12.8. The number of anilines is 1. The number of nitrogens with two attached hydrogens (primary N) is 1. The van der Waals surface area contributed by atoms with Crippen molar-refractivity contribution in [2.75, 3.05) is 25.4 Å². The van der Waals surface area contributed by atoms with Crippen molar-refractivity contribution in [1.29, 1.82) is 0 Å². The zero-order valence-corrected chi connectivity index (χ0v) is 13.9. The van der Waals surface area contributed by atoms with Crippen LogP contribution in [-0.2, 0) is 17.3 Å². The average molecular weight is 365 g/mol. The van der Waals surface area contributed by atoms with Gasteiger partial charge in [-0.3, -0.25) is 4.79 Å². The number of carbonyl (C=O) groups excluding carboxylic acids is 1. The number of alkyl halides is 3. The summed E-state index contributed by atoms with van der Waals surface area (Å²) in [6.07, 6.45) is -2.99. The fourth-order valence-corrected chi connectivity index (χ4v) is 2.93. The number of ether oxygens (including phenoxy) is 1. The molecule has 0 unspecified atom stereocenters. The van der Waals surface area contributed by atoms with Crippen LogP contribution in [0.25, 0.3) is 0 Å². The van der Waals surface area contributed by atoms with Crippen molar-refractivity contribution in [2.24, 2.45) is 0 Å². The molecular weight excluding hydrogens is 347 g/mol. The molecule has 2 aromatic rings. The number of hydrogen-bond acceptors (Lipinski definition) is 4. The van der Waals surface area contributed by atoms with E-state index < -0.39 is 11.7 Å². The van der Waals surface area contributed by atoms with Gasteiger partial charge in [-0.2, -0.15) is 13.2 Å². The van der Waals surface area contributed by atoms with Crippen LogP contribution < -0.4 is 5.73 Å². The Morgan fingerprint density at radius 3 is 2.85 bits per heavy atom. The molecule has 1 aliphatic heterocycles. The van der Waals surface area contributed by atoms with Gasteiger partial charge in [0.2, 0.25) is 0 Å². The molecule has 0 radical (unpaired) electrons. The molecule has 138 valence electrons. The highest BCUT2D eigenvalue weighted by atomic mass is 19.4. The van der Waals surface area contributed by atoms with Crippen molar-refractivity contribution in [2.45, 2.75) is 18.7 Å². The SMILES string of the molecule is Nc1cc(C(=O)N2CCO[C@H](Cc3cccc(C(F)(F)F)c3)C2)ccn1. The third-order valence-electron chi connectivity index (χ3n) is 4.17. The third kappa shape index (κ3) is 4.32. The van der Waals surface area contributed by atoms with E-state index in [0.717, 1.165) is 12.1 Å². The third-order valence-corrected chi connectivity index (χ3v) is 4.17. The normalized spacial score (nSPS) is 18.0. The van der Waals surface area contributed by atoms with Gasteiger partial charge < -0.3 is 15.4 Å². The summed E-state index contributed by atoms with van der Waals surface area (Å²) >= 11 is 0. The van der Waals surface area contributed by atoms with E-state index in [4.69, 9.17) is 10.5 Å². The van der Waals surface area contributed by atoms with Crippen LogP contribution in [0.4, 0.5) is 19.0 Å². The van der Waals surface area contributed by atoms with Gasteiger partial charge in [-0.25, -0.2) is 4.98 Å². The Morgan fingerprint density at radius 1 is 1.31 bits per heavy atom. The molecular formula is C18H18F3N3O2. The predicted octanol–water partition coefficient (Wildman–Crippen LogP) is 2.77. The molecule has 26 heavy (non-hydrogen) atoms. The van der Waals surface area contributed by atoms with Gasteiger partial charge in [0.1, 0.15) is 5.82 Å². The quantitative estimate of drug-likeness (QED) is 0.908. The zero-order chi connectivity index (χ0) is 18.7. The molecule has 3 rings (SSSR count). The van der Waals surface area contributed by atoms with Crippen molar-refractivity contribution in [3.63, 3.8) is 0 Å². The van der Waals surface area contributed by atoms with E-state index in [-0.39, 0.29) is 17.8 Å². The first-order valence-corrected chi connectivity index (χ1v) is 8.11. The summed E-state index contributed by atoms with van der Waals surface area (Å²) in [4.78, 5) is 18.1. The molecule has 1 saturated heterocycles. The fourth-order valence-electron chi connectivity index (χ4n) is 2.93. The van der Waals surface area contributed by atoms with Gasteiger partial charge in [-0.1, -0.05) is 18.2 Å². The molecule has 8 heteroatoms. The number of amides is 1. The second-order valence-corrected chi connectivity index (χ2v) is 6.12. The zero-order valence-electron chi connectivity index (χ0n) is 13.9. The number of halogens is 3. The molecule has 1 atom stereocenters. The van der Waals surface area contributed by atoms with Gasteiger partial charge in [-0.15, -0.1) is 0 Å². The Morgan fingerprint density at radius 2 is 2.12 bits per heavy atom. The summed E-state index contributed by atoms with van der Waals surface area (Å²) < 4.78 is 44.1. The Bertz CT molecular complexity index is 795.